The Labute approximate surface area is 98.4 Å². The fraction of sp³-hybridized carbons (Fsp3) is 0.571. The molecule has 2 nitrogen and oxygen atoms in total. The van der Waals surface area contributed by atoms with Crippen molar-refractivity contribution in [2.45, 2.75) is 26.7 Å². The number of rotatable bonds is 3. The monoisotopic (exact) mass is 218 g/mol. The molecule has 16 heavy (non-hydrogen) atoms. The van der Waals surface area contributed by atoms with Crippen molar-refractivity contribution >= 4 is 5.69 Å². The van der Waals surface area contributed by atoms with E-state index in [-0.39, 0.29) is 0 Å². The van der Waals surface area contributed by atoms with E-state index in [9.17, 15) is 0 Å². The van der Waals surface area contributed by atoms with Gasteiger partial charge in [-0.1, -0.05) is 17.7 Å². The fourth-order valence-corrected chi connectivity index (χ4v) is 2.35. The Bertz CT molecular complexity index is 341. The summed E-state index contributed by atoms with van der Waals surface area (Å²) in [4.78, 5) is 0. The van der Waals surface area contributed by atoms with Gasteiger partial charge < -0.3 is 10.6 Å². The molecular weight excluding hydrogens is 196 g/mol. The predicted molar refractivity (Wildman–Crippen MR) is 70.0 cm³/mol. The molecule has 0 bridgehead atoms. The molecule has 0 spiro atoms. The maximum atomic E-state index is 3.58. The normalized spacial score (nSPS) is 17.4. The van der Waals surface area contributed by atoms with Crippen LogP contribution in [0.4, 0.5) is 5.69 Å². The van der Waals surface area contributed by atoms with Crippen molar-refractivity contribution in [3.63, 3.8) is 0 Å². The Morgan fingerprint density at radius 3 is 2.69 bits per heavy atom. The standard InChI is InChI=1S/C14H22N2/c1-11-3-4-14(12(2)9-11)16-10-13-5-7-15-8-6-13/h3-4,9,13,15-16H,5-8,10H2,1-2H3. The second-order valence-electron chi connectivity index (χ2n) is 4.89. The van der Waals surface area contributed by atoms with Crippen LogP contribution >= 0.6 is 0 Å². The van der Waals surface area contributed by atoms with E-state index in [0.29, 0.717) is 0 Å². The van der Waals surface area contributed by atoms with Gasteiger partial charge >= 0.3 is 0 Å². The van der Waals surface area contributed by atoms with Crippen LogP contribution in [-0.2, 0) is 0 Å². The molecule has 1 aliphatic heterocycles. The minimum absolute atomic E-state index is 0.835. The summed E-state index contributed by atoms with van der Waals surface area (Å²) in [5, 5.41) is 6.99. The summed E-state index contributed by atoms with van der Waals surface area (Å²) >= 11 is 0. The first kappa shape index (κ1) is 11.5. The molecule has 1 fully saturated rings. The summed E-state index contributed by atoms with van der Waals surface area (Å²) in [5.74, 6) is 0.835. The first-order valence-corrected chi connectivity index (χ1v) is 6.27. The van der Waals surface area contributed by atoms with Crippen molar-refractivity contribution in [3.8, 4) is 0 Å². The molecule has 2 rings (SSSR count). The Morgan fingerprint density at radius 2 is 2.00 bits per heavy atom. The van der Waals surface area contributed by atoms with E-state index in [1.807, 2.05) is 0 Å². The van der Waals surface area contributed by atoms with Crippen LogP contribution in [0.5, 0.6) is 0 Å². The molecule has 1 aromatic carbocycles. The molecule has 0 aromatic heterocycles. The largest absolute Gasteiger partial charge is 0.385 e. The highest BCUT2D eigenvalue weighted by Gasteiger charge is 2.12. The van der Waals surface area contributed by atoms with Gasteiger partial charge in [-0.15, -0.1) is 0 Å². The number of nitrogens with one attached hydrogen (secondary N) is 2. The second-order valence-corrected chi connectivity index (χ2v) is 4.89. The molecule has 2 N–H and O–H groups in total. The van der Waals surface area contributed by atoms with Crippen LogP contribution < -0.4 is 10.6 Å². The minimum Gasteiger partial charge on any atom is -0.385 e. The van der Waals surface area contributed by atoms with E-state index in [4.69, 9.17) is 0 Å². The van der Waals surface area contributed by atoms with Crippen LogP contribution in [0.2, 0.25) is 0 Å². The SMILES string of the molecule is Cc1ccc(NCC2CCNCC2)c(C)c1. The molecule has 0 saturated carbocycles. The predicted octanol–water partition coefficient (Wildman–Crippen LogP) is 2.71. The van der Waals surface area contributed by atoms with Gasteiger partial charge in [-0.2, -0.15) is 0 Å². The average molecular weight is 218 g/mol. The van der Waals surface area contributed by atoms with Gasteiger partial charge in [0.15, 0.2) is 0 Å². The average Bonchev–Trinajstić information content (AvgIpc) is 2.29. The van der Waals surface area contributed by atoms with E-state index in [2.05, 4.69) is 42.7 Å². The lowest BCUT2D eigenvalue weighted by Crippen LogP contribution is -2.31. The number of hydrogen-bond acceptors (Lipinski definition) is 2. The third-order valence-electron chi connectivity index (χ3n) is 3.42. The van der Waals surface area contributed by atoms with Crippen molar-refractivity contribution < 1.29 is 0 Å². The van der Waals surface area contributed by atoms with Crippen molar-refractivity contribution in [2.75, 3.05) is 25.0 Å². The van der Waals surface area contributed by atoms with E-state index in [1.165, 1.54) is 42.7 Å². The molecule has 1 aliphatic rings. The van der Waals surface area contributed by atoms with Crippen LogP contribution in [0.15, 0.2) is 18.2 Å². The lowest BCUT2D eigenvalue weighted by molar-refractivity contribution is 0.390. The summed E-state index contributed by atoms with van der Waals surface area (Å²) in [6.45, 7) is 7.80. The summed E-state index contributed by atoms with van der Waals surface area (Å²) in [6.07, 6.45) is 2.61. The molecule has 0 radical (unpaired) electrons. The maximum absolute atomic E-state index is 3.58. The van der Waals surface area contributed by atoms with Gasteiger partial charge in [-0.25, -0.2) is 0 Å². The number of piperidine rings is 1. The fourth-order valence-electron chi connectivity index (χ4n) is 2.35. The third kappa shape index (κ3) is 2.99. The van der Waals surface area contributed by atoms with Gasteiger partial charge in [0.25, 0.3) is 0 Å². The maximum Gasteiger partial charge on any atom is 0.0370 e. The van der Waals surface area contributed by atoms with E-state index in [0.717, 1.165) is 12.5 Å². The van der Waals surface area contributed by atoms with E-state index in [1.54, 1.807) is 0 Å². The van der Waals surface area contributed by atoms with Gasteiger partial charge in [0.2, 0.25) is 0 Å². The molecule has 0 unspecified atom stereocenters. The Balaban J connectivity index is 1.88. The highest BCUT2D eigenvalue weighted by atomic mass is 14.9. The lowest BCUT2D eigenvalue weighted by Gasteiger charge is -2.23. The summed E-state index contributed by atoms with van der Waals surface area (Å²) in [7, 11) is 0. The second kappa shape index (κ2) is 5.35. The van der Waals surface area contributed by atoms with Gasteiger partial charge in [-0.05, 0) is 57.3 Å². The summed E-state index contributed by atoms with van der Waals surface area (Å²) in [5.41, 5.74) is 3.99. The highest BCUT2D eigenvalue weighted by molar-refractivity contribution is 5.51. The number of hydrogen-bond donors (Lipinski definition) is 2. The quantitative estimate of drug-likeness (QED) is 0.815. The van der Waals surface area contributed by atoms with Crippen molar-refractivity contribution in [2.24, 2.45) is 5.92 Å². The first-order chi connectivity index (χ1) is 7.75. The van der Waals surface area contributed by atoms with Crippen LogP contribution in [-0.4, -0.2) is 19.6 Å². The van der Waals surface area contributed by atoms with Gasteiger partial charge in [0, 0.05) is 12.2 Å². The van der Waals surface area contributed by atoms with Crippen molar-refractivity contribution in [1.29, 1.82) is 0 Å². The molecule has 1 aromatic rings. The van der Waals surface area contributed by atoms with Gasteiger partial charge in [0.1, 0.15) is 0 Å². The number of aryl methyl sites for hydroxylation is 2. The minimum atomic E-state index is 0.835. The smallest absolute Gasteiger partial charge is 0.0370 e. The van der Waals surface area contributed by atoms with Crippen LogP contribution in [0, 0.1) is 19.8 Å². The summed E-state index contributed by atoms with van der Waals surface area (Å²) in [6, 6.07) is 6.62. The molecule has 1 saturated heterocycles. The number of anilines is 1. The van der Waals surface area contributed by atoms with Crippen molar-refractivity contribution in [3.05, 3.63) is 29.3 Å². The molecule has 88 valence electrons. The summed E-state index contributed by atoms with van der Waals surface area (Å²) < 4.78 is 0. The topological polar surface area (TPSA) is 24.1 Å². The Morgan fingerprint density at radius 1 is 1.25 bits per heavy atom. The zero-order chi connectivity index (χ0) is 11.4. The number of benzene rings is 1. The highest BCUT2D eigenvalue weighted by Crippen LogP contribution is 2.18. The molecular formula is C14H22N2. The molecule has 1 heterocycles. The molecule has 2 heteroatoms. The third-order valence-corrected chi connectivity index (χ3v) is 3.42. The van der Waals surface area contributed by atoms with Crippen molar-refractivity contribution in [1.82, 2.24) is 5.32 Å². The Kier molecular flexibility index (Phi) is 3.83. The van der Waals surface area contributed by atoms with Crippen LogP contribution in [0.1, 0.15) is 24.0 Å². The van der Waals surface area contributed by atoms with Gasteiger partial charge in [-0.3, -0.25) is 0 Å². The van der Waals surface area contributed by atoms with E-state index >= 15 is 0 Å². The molecule has 0 aliphatic carbocycles. The molecule has 0 atom stereocenters. The van der Waals surface area contributed by atoms with Crippen LogP contribution in [0.3, 0.4) is 0 Å². The van der Waals surface area contributed by atoms with E-state index < -0.39 is 0 Å². The zero-order valence-corrected chi connectivity index (χ0v) is 10.3. The lowest BCUT2D eigenvalue weighted by atomic mass is 9.98. The van der Waals surface area contributed by atoms with Gasteiger partial charge in [0.05, 0.1) is 0 Å². The first-order valence-electron chi connectivity index (χ1n) is 6.27. The Hall–Kier alpha value is -1.02. The van der Waals surface area contributed by atoms with Crippen LogP contribution in [0.25, 0.3) is 0 Å². The molecule has 0 amide bonds. The zero-order valence-electron chi connectivity index (χ0n) is 10.3.